The lowest BCUT2D eigenvalue weighted by Crippen LogP contribution is -2.12. The van der Waals surface area contributed by atoms with Gasteiger partial charge >= 0.3 is 0 Å². The molecule has 0 heterocycles. The molecule has 1 unspecified atom stereocenters. The summed E-state index contributed by atoms with van der Waals surface area (Å²) in [7, 11) is 0. The fourth-order valence-electron chi connectivity index (χ4n) is 1.52. The van der Waals surface area contributed by atoms with E-state index in [0.29, 0.717) is 6.42 Å². The summed E-state index contributed by atoms with van der Waals surface area (Å²) in [6.07, 6.45) is 1.37. The van der Waals surface area contributed by atoms with E-state index in [9.17, 15) is 4.79 Å². The first-order valence-electron chi connectivity index (χ1n) is 6.21. The van der Waals surface area contributed by atoms with E-state index in [1.165, 1.54) is 0 Å². The van der Waals surface area contributed by atoms with Gasteiger partial charge in [0.05, 0.1) is 6.61 Å². The summed E-state index contributed by atoms with van der Waals surface area (Å²) in [6.45, 7) is 4.18. The molecule has 1 aromatic carbocycles. The highest BCUT2D eigenvalue weighted by Crippen LogP contribution is 2.13. The highest BCUT2D eigenvalue weighted by atomic mass is 32.2. The van der Waals surface area contributed by atoms with Gasteiger partial charge in [-0.05, 0) is 36.8 Å². The van der Waals surface area contributed by atoms with Crippen LogP contribution in [-0.2, 0) is 4.79 Å². The average molecular weight is 267 g/mol. The number of anilines is 1. The van der Waals surface area contributed by atoms with Gasteiger partial charge in [0.25, 0.3) is 0 Å². The monoisotopic (exact) mass is 267 g/mol. The Bertz CT molecular complexity index is 382. The number of rotatable bonds is 7. The standard InChI is InChI=1S/C14H21NO2S/c1-11-5-3-6-13(9-11)15-14(17)7-4-8-18-12(2)10-16/h3,5-6,9,12,16H,4,7-8,10H2,1-2H3,(H,15,17). The van der Waals surface area contributed by atoms with E-state index in [-0.39, 0.29) is 17.8 Å². The fourth-order valence-corrected chi connectivity index (χ4v) is 2.34. The molecule has 0 spiro atoms. The van der Waals surface area contributed by atoms with Gasteiger partial charge in [-0.3, -0.25) is 4.79 Å². The van der Waals surface area contributed by atoms with Crippen molar-refractivity contribution in [3.8, 4) is 0 Å². The van der Waals surface area contributed by atoms with Crippen molar-refractivity contribution < 1.29 is 9.90 Å². The normalized spacial score (nSPS) is 12.2. The minimum Gasteiger partial charge on any atom is -0.395 e. The van der Waals surface area contributed by atoms with Crippen molar-refractivity contribution in [3.63, 3.8) is 0 Å². The zero-order valence-electron chi connectivity index (χ0n) is 11.0. The smallest absolute Gasteiger partial charge is 0.224 e. The SMILES string of the molecule is Cc1cccc(NC(=O)CCCSC(C)CO)c1. The molecule has 2 N–H and O–H groups in total. The fraction of sp³-hybridized carbons (Fsp3) is 0.500. The Kier molecular flexibility index (Phi) is 6.83. The second kappa shape index (κ2) is 8.16. The van der Waals surface area contributed by atoms with Crippen molar-refractivity contribution in [2.45, 2.75) is 31.9 Å². The van der Waals surface area contributed by atoms with Crippen LogP contribution in [0.2, 0.25) is 0 Å². The van der Waals surface area contributed by atoms with Crippen molar-refractivity contribution >= 4 is 23.4 Å². The number of nitrogens with one attached hydrogen (secondary N) is 1. The van der Waals surface area contributed by atoms with Crippen LogP contribution >= 0.6 is 11.8 Å². The molecule has 1 atom stereocenters. The maximum absolute atomic E-state index is 11.7. The third-order valence-electron chi connectivity index (χ3n) is 2.51. The van der Waals surface area contributed by atoms with E-state index in [1.54, 1.807) is 11.8 Å². The summed E-state index contributed by atoms with van der Waals surface area (Å²) >= 11 is 1.70. The molecule has 0 aliphatic carbocycles. The van der Waals surface area contributed by atoms with Crippen molar-refractivity contribution in [2.75, 3.05) is 17.7 Å². The predicted molar refractivity (Wildman–Crippen MR) is 78.0 cm³/mol. The van der Waals surface area contributed by atoms with Crippen LogP contribution in [0, 0.1) is 6.92 Å². The lowest BCUT2D eigenvalue weighted by atomic mass is 10.2. The number of carbonyl (C=O) groups excluding carboxylic acids is 1. The topological polar surface area (TPSA) is 49.3 Å². The van der Waals surface area contributed by atoms with Crippen molar-refractivity contribution in [2.24, 2.45) is 0 Å². The van der Waals surface area contributed by atoms with Gasteiger partial charge in [-0.25, -0.2) is 0 Å². The molecule has 0 bridgehead atoms. The van der Waals surface area contributed by atoms with Crippen molar-refractivity contribution in [3.05, 3.63) is 29.8 Å². The molecule has 0 saturated heterocycles. The Morgan fingerprint density at radius 1 is 1.50 bits per heavy atom. The maximum Gasteiger partial charge on any atom is 0.224 e. The Balaban J connectivity index is 2.22. The van der Waals surface area contributed by atoms with Crippen molar-refractivity contribution in [1.82, 2.24) is 0 Å². The molecular weight excluding hydrogens is 246 g/mol. The summed E-state index contributed by atoms with van der Waals surface area (Å²) in [5, 5.41) is 12.0. The number of aryl methyl sites for hydroxylation is 1. The van der Waals surface area contributed by atoms with Gasteiger partial charge in [0.2, 0.25) is 5.91 Å². The molecule has 0 aliphatic heterocycles. The average Bonchev–Trinajstić information content (AvgIpc) is 2.34. The predicted octanol–water partition coefficient (Wildman–Crippen LogP) is 2.83. The van der Waals surface area contributed by atoms with Gasteiger partial charge in [-0.15, -0.1) is 0 Å². The Morgan fingerprint density at radius 2 is 2.28 bits per heavy atom. The summed E-state index contributed by atoms with van der Waals surface area (Å²) in [5.41, 5.74) is 2.00. The zero-order chi connectivity index (χ0) is 13.4. The summed E-state index contributed by atoms with van der Waals surface area (Å²) in [6, 6.07) is 7.79. The number of carbonyl (C=O) groups is 1. The van der Waals surface area contributed by atoms with Crippen LogP contribution in [0.25, 0.3) is 0 Å². The molecule has 1 rings (SSSR count). The minimum atomic E-state index is 0.0536. The molecule has 0 aliphatic rings. The van der Waals surface area contributed by atoms with Crippen LogP contribution in [-0.4, -0.2) is 28.6 Å². The zero-order valence-corrected chi connectivity index (χ0v) is 11.8. The summed E-state index contributed by atoms with van der Waals surface area (Å²) < 4.78 is 0. The Labute approximate surface area is 113 Å². The second-order valence-electron chi connectivity index (χ2n) is 4.39. The lowest BCUT2D eigenvalue weighted by Gasteiger charge is -2.08. The quantitative estimate of drug-likeness (QED) is 0.747. The van der Waals surface area contributed by atoms with Gasteiger partial charge in [0, 0.05) is 17.4 Å². The molecule has 4 heteroatoms. The first kappa shape index (κ1) is 15.1. The van der Waals surface area contributed by atoms with Crippen LogP contribution < -0.4 is 5.32 Å². The number of hydrogen-bond donors (Lipinski definition) is 2. The Hall–Kier alpha value is -1.00. The third kappa shape index (κ3) is 6.07. The molecule has 3 nitrogen and oxygen atoms in total. The number of hydrogen-bond acceptors (Lipinski definition) is 3. The largest absolute Gasteiger partial charge is 0.395 e. The van der Waals surface area contributed by atoms with E-state index in [0.717, 1.165) is 23.4 Å². The maximum atomic E-state index is 11.7. The summed E-state index contributed by atoms with van der Waals surface area (Å²) in [4.78, 5) is 11.7. The van der Waals surface area contributed by atoms with E-state index in [4.69, 9.17) is 5.11 Å². The number of amides is 1. The second-order valence-corrected chi connectivity index (χ2v) is 5.93. The van der Waals surface area contributed by atoms with Gasteiger partial charge < -0.3 is 10.4 Å². The number of thioether (sulfide) groups is 1. The van der Waals surface area contributed by atoms with Gasteiger partial charge in [0.1, 0.15) is 0 Å². The van der Waals surface area contributed by atoms with Gasteiger partial charge in [-0.1, -0.05) is 19.1 Å². The minimum absolute atomic E-state index is 0.0536. The lowest BCUT2D eigenvalue weighted by molar-refractivity contribution is -0.116. The van der Waals surface area contributed by atoms with E-state index >= 15 is 0 Å². The first-order chi connectivity index (χ1) is 8.61. The number of benzene rings is 1. The van der Waals surface area contributed by atoms with Gasteiger partial charge in [-0.2, -0.15) is 11.8 Å². The van der Waals surface area contributed by atoms with Crippen LogP contribution in [0.3, 0.4) is 0 Å². The van der Waals surface area contributed by atoms with Crippen LogP contribution in [0.4, 0.5) is 5.69 Å². The van der Waals surface area contributed by atoms with E-state index in [1.807, 2.05) is 38.1 Å². The molecule has 0 radical (unpaired) electrons. The molecule has 0 aromatic heterocycles. The molecule has 100 valence electrons. The molecule has 0 fully saturated rings. The van der Waals surface area contributed by atoms with Gasteiger partial charge in [0.15, 0.2) is 0 Å². The number of aliphatic hydroxyl groups excluding tert-OH is 1. The molecule has 1 aromatic rings. The summed E-state index contributed by atoms with van der Waals surface area (Å²) in [5.74, 6) is 0.959. The van der Waals surface area contributed by atoms with E-state index < -0.39 is 0 Å². The molecular formula is C14H21NO2S. The molecule has 18 heavy (non-hydrogen) atoms. The van der Waals surface area contributed by atoms with Crippen LogP contribution in [0.5, 0.6) is 0 Å². The Morgan fingerprint density at radius 3 is 2.94 bits per heavy atom. The van der Waals surface area contributed by atoms with Crippen LogP contribution in [0.1, 0.15) is 25.3 Å². The van der Waals surface area contributed by atoms with E-state index in [2.05, 4.69) is 5.32 Å². The van der Waals surface area contributed by atoms with Crippen molar-refractivity contribution in [1.29, 1.82) is 0 Å². The first-order valence-corrected chi connectivity index (χ1v) is 7.25. The number of aliphatic hydroxyl groups is 1. The molecule has 0 saturated carbocycles. The third-order valence-corrected chi connectivity index (χ3v) is 3.75. The van der Waals surface area contributed by atoms with Crippen LogP contribution in [0.15, 0.2) is 24.3 Å². The molecule has 1 amide bonds. The highest BCUT2D eigenvalue weighted by Gasteiger charge is 2.04. The highest BCUT2D eigenvalue weighted by molar-refractivity contribution is 7.99.